The van der Waals surface area contributed by atoms with E-state index in [9.17, 15) is 4.79 Å². The van der Waals surface area contributed by atoms with Gasteiger partial charge in [-0.3, -0.25) is 4.79 Å². The quantitative estimate of drug-likeness (QED) is 0.671. The number of rotatable bonds is 9. The van der Waals surface area contributed by atoms with Crippen LogP contribution in [0.15, 0.2) is 30.3 Å². The van der Waals surface area contributed by atoms with Gasteiger partial charge in [0.25, 0.3) is 0 Å². The number of piperidine rings is 1. The Bertz CT molecular complexity index is 447. The van der Waals surface area contributed by atoms with Gasteiger partial charge in [-0.05, 0) is 63.2 Å². The van der Waals surface area contributed by atoms with Gasteiger partial charge in [0, 0.05) is 19.5 Å². The monoisotopic (exact) mass is 353 g/mol. The molecule has 1 aliphatic heterocycles. The van der Waals surface area contributed by atoms with Gasteiger partial charge in [-0.25, -0.2) is 0 Å². The van der Waals surface area contributed by atoms with Gasteiger partial charge < -0.3 is 16.0 Å². The number of nitrogens with one attached hydrogen (secondary N) is 1. The highest BCUT2D eigenvalue weighted by molar-refractivity contribution is 5.85. The maximum Gasteiger partial charge on any atom is 0.221 e. The predicted molar refractivity (Wildman–Crippen MR) is 102 cm³/mol. The first-order chi connectivity index (χ1) is 11.3. The normalized spacial score (nSPS) is 15.7. The molecule has 2 rings (SSSR count). The van der Waals surface area contributed by atoms with E-state index in [1.54, 1.807) is 0 Å². The molecule has 24 heavy (non-hydrogen) atoms. The van der Waals surface area contributed by atoms with Crippen molar-refractivity contribution in [3.05, 3.63) is 35.9 Å². The number of nitrogens with two attached hydrogens (primary N) is 1. The Morgan fingerprint density at radius 3 is 2.54 bits per heavy atom. The second-order valence-corrected chi connectivity index (χ2v) is 6.57. The first-order valence-electron chi connectivity index (χ1n) is 9.01. The molecule has 1 aromatic carbocycles. The second kappa shape index (κ2) is 12.3. The Hall–Kier alpha value is -1.10. The summed E-state index contributed by atoms with van der Waals surface area (Å²) in [6.07, 6.45) is 6.49. The van der Waals surface area contributed by atoms with Crippen LogP contribution in [0, 0.1) is 5.92 Å². The average Bonchev–Trinajstić information content (AvgIpc) is 2.57. The number of amides is 1. The van der Waals surface area contributed by atoms with Gasteiger partial charge in [0.15, 0.2) is 0 Å². The van der Waals surface area contributed by atoms with Gasteiger partial charge in [-0.2, -0.15) is 0 Å². The zero-order valence-corrected chi connectivity index (χ0v) is 15.4. The lowest BCUT2D eigenvalue weighted by Crippen LogP contribution is -2.35. The summed E-state index contributed by atoms with van der Waals surface area (Å²) in [5, 5.41) is 2.92. The maximum atomic E-state index is 11.3. The van der Waals surface area contributed by atoms with Crippen LogP contribution >= 0.6 is 12.4 Å². The smallest absolute Gasteiger partial charge is 0.221 e. The van der Waals surface area contributed by atoms with Crippen molar-refractivity contribution < 1.29 is 4.79 Å². The first kappa shape index (κ1) is 20.9. The van der Waals surface area contributed by atoms with Gasteiger partial charge in [0.1, 0.15) is 0 Å². The van der Waals surface area contributed by atoms with E-state index in [-0.39, 0.29) is 18.3 Å². The van der Waals surface area contributed by atoms with Gasteiger partial charge in [0.05, 0.1) is 0 Å². The van der Waals surface area contributed by atoms with Crippen LogP contribution in [0.1, 0.15) is 37.7 Å². The van der Waals surface area contributed by atoms with Gasteiger partial charge in [-0.15, -0.1) is 12.4 Å². The summed E-state index contributed by atoms with van der Waals surface area (Å²) in [4.78, 5) is 13.9. The Labute approximate surface area is 152 Å². The Morgan fingerprint density at radius 2 is 1.88 bits per heavy atom. The molecular formula is C19H32ClN3O. The van der Waals surface area contributed by atoms with E-state index in [1.807, 2.05) is 0 Å². The third-order valence-electron chi connectivity index (χ3n) is 4.67. The molecule has 1 fully saturated rings. The van der Waals surface area contributed by atoms with E-state index in [0.29, 0.717) is 13.0 Å². The number of unbranched alkanes of at least 4 members (excludes halogenated alkanes) is 1. The summed E-state index contributed by atoms with van der Waals surface area (Å²) in [5.41, 5.74) is 6.82. The molecule has 1 heterocycles. The van der Waals surface area contributed by atoms with Crippen LogP contribution in [0.5, 0.6) is 0 Å². The zero-order valence-electron chi connectivity index (χ0n) is 14.6. The van der Waals surface area contributed by atoms with Crippen molar-refractivity contribution in [2.24, 2.45) is 11.7 Å². The maximum absolute atomic E-state index is 11.3. The molecule has 3 N–H and O–H groups in total. The minimum atomic E-state index is 0. The largest absolute Gasteiger partial charge is 0.356 e. The lowest BCUT2D eigenvalue weighted by atomic mass is 9.90. The SMILES string of the molecule is Cl.NCCC(=O)NCCCCN1CCC(Cc2ccccc2)CC1. The summed E-state index contributed by atoms with van der Waals surface area (Å²) >= 11 is 0. The van der Waals surface area contributed by atoms with Crippen LogP contribution in [-0.2, 0) is 11.2 Å². The molecular weight excluding hydrogens is 322 g/mol. The molecule has 0 spiro atoms. The average molecular weight is 354 g/mol. The molecule has 0 atom stereocenters. The number of likely N-dealkylation sites (tertiary alicyclic amines) is 1. The van der Waals surface area contributed by atoms with Crippen molar-refractivity contribution >= 4 is 18.3 Å². The number of nitrogens with zero attached hydrogens (tertiary/aromatic N) is 1. The van der Waals surface area contributed by atoms with E-state index in [4.69, 9.17) is 5.73 Å². The summed E-state index contributed by atoms with van der Waals surface area (Å²) in [6, 6.07) is 10.8. The number of halogens is 1. The van der Waals surface area contributed by atoms with Crippen molar-refractivity contribution in [2.75, 3.05) is 32.7 Å². The van der Waals surface area contributed by atoms with Crippen molar-refractivity contribution in [2.45, 2.75) is 38.5 Å². The second-order valence-electron chi connectivity index (χ2n) is 6.57. The standard InChI is InChI=1S/C19H31N3O.ClH/c20-11-8-19(23)21-12-4-5-13-22-14-9-18(10-15-22)16-17-6-2-1-3-7-17;/h1-3,6-7,18H,4-5,8-16,20H2,(H,21,23);1H. The van der Waals surface area contributed by atoms with Crippen molar-refractivity contribution in [1.82, 2.24) is 10.2 Å². The van der Waals surface area contributed by atoms with Gasteiger partial charge >= 0.3 is 0 Å². The number of hydrogen-bond donors (Lipinski definition) is 2. The van der Waals surface area contributed by atoms with Gasteiger partial charge in [-0.1, -0.05) is 30.3 Å². The molecule has 1 aliphatic rings. The molecule has 0 bridgehead atoms. The van der Waals surface area contributed by atoms with E-state index in [0.717, 1.165) is 31.8 Å². The molecule has 0 aromatic heterocycles. The Morgan fingerprint density at radius 1 is 1.17 bits per heavy atom. The number of benzene rings is 1. The van der Waals surface area contributed by atoms with Crippen LogP contribution < -0.4 is 11.1 Å². The fraction of sp³-hybridized carbons (Fsp3) is 0.632. The first-order valence-corrected chi connectivity index (χ1v) is 9.01. The summed E-state index contributed by atoms with van der Waals surface area (Å²) in [7, 11) is 0. The molecule has 0 radical (unpaired) electrons. The fourth-order valence-electron chi connectivity index (χ4n) is 3.27. The molecule has 5 heteroatoms. The lowest BCUT2D eigenvalue weighted by molar-refractivity contribution is -0.120. The predicted octanol–water partition coefficient (Wildman–Crippen LogP) is 2.61. The molecule has 1 aromatic rings. The zero-order chi connectivity index (χ0) is 16.3. The molecule has 0 saturated carbocycles. The Kier molecular flexibility index (Phi) is 10.7. The fourth-order valence-corrected chi connectivity index (χ4v) is 3.27. The van der Waals surface area contributed by atoms with Crippen LogP contribution in [0.4, 0.5) is 0 Å². The van der Waals surface area contributed by atoms with Crippen LogP contribution in [0.2, 0.25) is 0 Å². The van der Waals surface area contributed by atoms with Crippen molar-refractivity contribution in [3.8, 4) is 0 Å². The van der Waals surface area contributed by atoms with Gasteiger partial charge in [0.2, 0.25) is 5.91 Å². The third kappa shape index (κ3) is 8.13. The number of carbonyl (C=O) groups is 1. The van der Waals surface area contributed by atoms with Crippen molar-refractivity contribution in [1.29, 1.82) is 0 Å². The highest BCUT2D eigenvalue weighted by Crippen LogP contribution is 2.21. The van der Waals surface area contributed by atoms with E-state index in [1.165, 1.54) is 37.9 Å². The molecule has 0 unspecified atom stereocenters. The van der Waals surface area contributed by atoms with Crippen LogP contribution in [0.25, 0.3) is 0 Å². The number of hydrogen-bond acceptors (Lipinski definition) is 3. The molecule has 0 aliphatic carbocycles. The summed E-state index contributed by atoms with van der Waals surface area (Å²) in [5.74, 6) is 0.915. The lowest BCUT2D eigenvalue weighted by Gasteiger charge is -2.32. The highest BCUT2D eigenvalue weighted by atomic mass is 35.5. The Balaban J connectivity index is 0.00000288. The molecule has 136 valence electrons. The van der Waals surface area contributed by atoms with E-state index >= 15 is 0 Å². The molecule has 1 amide bonds. The summed E-state index contributed by atoms with van der Waals surface area (Å²) < 4.78 is 0. The minimum Gasteiger partial charge on any atom is -0.356 e. The summed E-state index contributed by atoms with van der Waals surface area (Å²) in [6.45, 7) is 4.81. The van der Waals surface area contributed by atoms with E-state index < -0.39 is 0 Å². The highest BCUT2D eigenvalue weighted by Gasteiger charge is 2.18. The van der Waals surface area contributed by atoms with Crippen LogP contribution in [0.3, 0.4) is 0 Å². The molecule has 1 saturated heterocycles. The molecule has 4 nitrogen and oxygen atoms in total. The van der Waals surface area contributed by atoms with Crippen LogP contribution in [-0.4, -0.2) is 43.5 Å². The number of carbonyl (C=O) groups excluding carboxylic acids is 1. The topological polar surface area (TPSA) is 58.4 Å². The van der Waals surface area contributed by atoms with E-state index in [2.05, 4.69) is 40.5 Å². The van der Waals surface area contributed by atoms with Crippen molar-refractivity contribution in [3.63, 3.8) is 0 Å². The minimum absolute atomic E-state index is 0. The third-order valence-corrected chi connectivity index (χ3v) is 4.67.